The molecule has 5 aromatic carbocycles. The van der Waals surface area contributed by atoms with Crippen molar-refractivity contribution in [1.29, 1.82) is 0 Å². The van der Waals surface area contributed by atoms with Crippen LogP contribution >= 0.6 is 11.3 Å². The maximum atomic E-state index is 4.82. The van der Waals surface area contributed by atoms with Crippen molar-refractivity contribution in [3.05, 3.63) is 134 Å². The molecule has 0 aliphatic heterocycles. The number of benzene rings is 5. The first-order valence-corrected chi connectivity index (χ1v) is 12.9. The summed E-state index contributed by atoms with van der Waals surface area (Å²) < 4.78 is 2.55. The molecule has 170 valence electrons. The van der Waals surface area contributed by atoms with E-state index in [0.29, 0.717) is 0 Å². The number of hydrogen-bond acceptors (Lipinski definition) is 3. The SMILES string of the molecule is c1ccc(N(c2ccccc2)c2ccc(-c3ccc4c(c3)ncc3sc5ccccc5c34)cc2)cc1. The molecule has 2 aromatic heterocycles. The zero-order valence-electron chi connectivity index (χ0n) is 19.5. The van der Waals surface area contributed by atoms with E-state index in [1.807, 2.05) is 17.5 Å². The minimum absolute atomic E-state index is 1.03. The highest BCUT2D eigenvalue weighted by atomic mass is 32.1. The maximum absolute atomic E-state index is 4.82. The van der Waals surface area contributed by atoms with Gasteiger partial charge < -0.3 is 4.90 Å². The van der Waals surface area contributed by atoms with Gasteiger partial charge in [0.25, 0.3) is 0 Å². The maximum Gasteiger partial charge on any atom is 0.0715 e. The summed E-state index contributed by atoms with van der Waals surface area (Å²) in [6, 6.07) is 45.1. The van der Waals surface area contributed by atoms with Gasteiger partial charge in [-0.15, -0.1) is 11.3 Å². The second-order valence-corrected chi connectivity index (χ2v) is 9.96. The van der Waals surface area contributed by atoms with E-state index in [1.54, 1.807) is 0 Å². The van der Waals surface area contributed by atoms with Crippen LogP contribution in [0.3, 0.4) is 0 Å². The van der Waals surface area contributed by atoms with Gasteiger partial charge in [-0.05, 0) is 59.7 Å². The molecule has 0 saturated carbocycles. The number of nitrogens with zero attached hydrogens (tertiary/aromatic N) is 2. The van der Waals surface area contributed by atoms with Gasteiger partial charge in [0.15, 0.2) is 0 Å². The molecule has 7 aromatic rings. The third-order valence-corrected chi connectivity index (χ3v) is 7.80. The van der Waals surface area contributed by atoms with Gasteiger partial charge in [0, 0.05) is 44.1 Å². The molecule has 0 amide bonds. The van der Waals surface area contributed by atoms with Gasteiger partial charge in [-0.2, -0.15) is 0 Å². The van der Waals surface area contributed by atoms with Gasteiger partial charge in [-0.1, -0.05) is 78.9 Å². The monoisotopic (exact) mass is 478 g/mol. The molecule has 0 bridgehead atoms. The highest BCUT2D eigenvalue weighted by Gasteiger charge is 2.13. The molecule has 2 nitrogen and oxygen atoms in total. The van der Waals surface area contributed by atoms with Crippen molar-refractivity contribution in [3.8, 4) is 11.1 Å². The van der Waals surface area contributed by atoms with E-state index in [2.05, 4.69) is 132 Å². The van der Waals surface area contributed by atoms with Crippen molar-refractivity contribution >= 4 is 59.5 Å². The molecule has 0 N–H and O–H groups in total. The number of rotatable bonds is 4. The zero-order chi connectivity index (χ0) is 23.9. The van der Waals surface area contributed by atoms with Crippen molar-refractivity contribution in [2.75, 3.05) is 4.90 Å². The van der Waals surface area contributed by atoms with Crippen LogP contribution in [0.1, 0.15) is 0 Å². The fourth-order valence-electron chi connectivity index (χ4n) is 5.00. The van der Waals surface area contributed by atoms with E-state index in [0.717, 1.165) is 22.6 Å². The molecule has 0 saturated heterocycles. The fraction of sp³-hybridized carbons (Fsp3) is 0. The molecule has 0 aliphatic carbocycles. The number of fused-ring (bicyclic) bond motifs is 5. The highest BCUT2D eigenvalue weighted by molar-refractivity contribution is 7.26. The van der Waals surface area contributed by atoms with Gasteiger partial charge in [0.1, 0.15) is 0 Å². The molecule has 36 heavy (non-hydrogen) atoms. The Kier molecular flexibility index (Phi) is 5.00. The summed E-state index contributed by atoms with van der Waals surface area (Å²) in [6.45, 7) is 0. The minimum atomic E-state index is 1.03. The van der Waals surface area contributed by atoms with Gasteiger partial charge in [-0.3, -0.25) is 4.98 Å². The first-order valence-electron chi connectivity index (χ1n) is 12.1. The second kappa shape index (κ2) is 8.63. The molecule has 0 unspecified atom stereocenters. The van der Waals surface area contributed by atoms with Crippen LogP contribution in [-0.4, -0.2) is 4.98 Å². The lowest BCUT2D eigenvalue weighted by Gasteiger charge is -2.25. The quantitative estimate of drug-likeness (QED) is 0.250. The number of pyridine rings is 1. The average molecular weight is 479 g/mol. The molecular weight excluding hydrogens is 456 g/mol. The molecule has 0 radical (unpaired) electrons. The van der Waals surface area contributed by atoms with Crippen molar-refractivity contribution < 1.29 is 0 Å². The molecule has 3 heteroatoms. The van der Waals surface area contributed by atoms with E-state index < -0.39 is 0 Å². The van der Waals surface area contributed by atoms with Crippen LogP contribution in [0.5, 0.6) is 0 Å². The Hall–Kier alpha value is -4.47. The Morgan fingerprint density at radius 3 is 1.83 bits per heavy atom. The third-order valence-electron chi connectivity index (χ3n) is 6.70. The molecule has 2 heterocycles. The Morgan fingerprint density at radius 2 is 1.11 bits per heavy atom. The van der Waals surface area contributed by atoms with Crippen LogP contribution in [0.25, 0.3) is 42.2 Å². The Labute approximate surface area is 213 Å². The predicted molar refractivity (Wildman–Crippen MR) is 155 cm³/mol. The van der Waals surface area contributed by atoms with Gasteiger partial charge >= 0.3 is 0 Å². The summed E-state index contributed by atoms with van der Waals surface area (Å²) in [7, 11) is 0. The van der Waals surface area contributed by atoms with Gasteiger partial charge in [0.05, 0.1) is 10.2 Å². The van der Waals surface area contributed by atoms with Crippen LogP contribution in [-0.2, 0) is 0 Å². The topological polar surface area (TPSA) is 16.1 Å². The standard InChI is InChI=1S/C33H22N2S/c1-3-9-25(10-4-1)35(26-11-5-2-6-12-26)27-18-15-23(16-19-27)24-17-20-28-30(21-24)34-22-32-33(28)29-13-7-8-14-31(29)36-32/h1-22H. The third kappa shape index (κ3) is 3.53. The summed E-state index contributed by atoms with van der Waals surface area (Å²) in [5.41, 5.74) is 6.78. The summed E-state index contributed by atoms with van der Waals surface area (Å²) in [6.07, 6.45) is 2.02. The summed E-state index contributed by atoms with van der Waals surface area (Å²) in [5, 5.41) is 3.83. The largest absolute Gasteiger partial charge is 0.311 e. The van der Waals surface area contributed by atoms with Gasteiger partial charge in [-0.25, -0.2) is 0 Å². The molecule has 0 fully saturated rings. The lowest BCUT2D eigenvalue weighted by atomic mass is 10.0. The number of anilines is 3. The van der Waals surface area contributed by atoms with Crippen molar-refractivity contribution in [2.24, 2.45) is 0 Å². The Balaban J connectivity index is 1.30. The van der Waals surface area contributed by atoms with Gasteiger partial charge in [0.2, 0.25) is 0 Å². The van der Waals surface area contributed by atoms with Crippen molar-refractivity contribution in [1.82, 2.24) is 4.98 Å². The van der Waals surface area contributed by atoms with Crippen LogP contribution < -0.4 is 4.90 Å². The Bertz CT molecular complexity index is 1780. The molecule has 0 spiro atoms. The molecular formula is C33H22N2S. The highest BCUT2D eigenvalue weighted by Crippen LogP contribution is 2.39. The zero-order valence-corrected chi connectivity index (χ0v) is 20.3. The van der Waals surface area contributed by atoms with E-state index in [4.69, 9.17) is 4.98 Å². The van der Waals surface area contributed by atoms with Crippen LogP contribution in [0.4, 0.5) is 17.1 Å². The molecule has 0 aliphatic rings. The first kappa shape index (κ1) is 20.9. The number of aromatic nitrogens is 1. The van der Waals surface area contributed by atoms with Crippen molar-refractivity contribution in [3.63, 3.8) is 0 Å². The number of hydrogen-bond donors (Lipinski definition) is 0. The second-order valence-electron chi connectivity index (χ2n) is 8.88. The van der Waals surface area contributed by atoms with E-state index in [-0.39, 0.29) is 0 Å². The van der Waals surface area contributed by atoms with Crippen molar-refractivity contribution in [2.45, 2.75) is 0 Å². The average Bonchev–Trinajstić information content (AvgIpc) is 3.34. The number of para-hydroxylation sites is 2. The summed E-state index contributed by atoms with van der Waals surface area (Å²) >= 11 is 1.81. The molecule has 0 atom stereocenters. The number of thiophene rings is 1. The van der Waals surface area contributed by atoms with Crippen LogP contribution in [0.15, 0.2) is 134 Å². The molecule has 7 rings (SSSR count). The first-order chi connectivity index (χ1) is 17.8. The van der Waals surface area contributed by atoms with E-state index in [9.17, 15) is 0 Å². The Morgan fingerprint density at radius 1 is 0.500 bits per heavy atom. The fourth-order valence-corrected chi connectivity index (χ4v) is 6.09. The lowest BCUT2D eigenvalue weighted by Crippen LogP contribution is -2.09. The van der Waals surface area contributed by atoms with Crippen LogP contribution in [0, 0.1) is 0 Å². The van der Waals surface area contributed by atoms with E-state index >= 15 is 0 Å². The summed E-state index contributed by atoms with van der Waals surface area (Å²) in [4.78, 5) is 7.10. The smallest absolute Gasteiger partial charge is 0.0715 e. The lowest BCUT2D eigenvalue weighted by molar-refractivity contribution is 1.28. The predicted octanol–water partition coefficient (Wildman–Crippen LogP) is 9.74. The minimum Gasteiger partial charge on any atom is -0.311 e. The van der Waals surface area contributed by atoms with E-state index in [1.165, 1.54) is 36.7 Å². The normalized spacial score (nSPS) is 11.3. The van der Waals surface area contributed by atoms with Crippen LogP contribution in [0.2, 0.25) is 0 Å². The summed E-state index contributed by atoms with van der Waals surface area (Å²) in [5.74, 6) is 0.